The first kappa shape index (κ1) is 19.7. The minimum atomic E-state index is -0.243. The number of halogens is 1. The molecule has 6 heteroatoms. The fourth-order valence-electron chi connectivity index (χ4n) is 4.40. The molecule has 31 heavy (non-hydrogen) atoms. The molecule has 158 valence electrons. The van der Waals surface area contributed by atoms with Crippen molar-refractivity contribution in [2.45, 2.75) is 6.04 Å². The highest BCUT2D eigenvalue weighted by atomic mass is 19.1. The molecule has 1 atom stereocenters. The van der Waals surface area contributed by atoms with Crippen LogP contribution in [0.1, 0.15) is 17.2 Å². The van der Waals surface area contributed by atoms with Crippen LogP contribution in [0.2, 0.25) is 0 Å². The molecule has 1 fully saturated rings. The Bertz CT molecular complexity index is 1120. The summed E-state index contributed by atoms with van der Waals surface area (Å²) < 4.78 is 14.6. The van der Waals surface area contributed by atoms with E-state index in [2.05, 4.69) is 62.4 Å². The third-order valence-corrected chi connectivity index (χ3v) is 6.14. The zero-order valence-electron chi connectivity index (χ0n) is 17.6. The van der Waals surface area contributed by atoms with E-state index in [0.29, 0.717) is 5.56 Å². The van der Waals surface area contributed by atoms with Gasteiger partial charge in [0, 0.05) is 49.2 Å². The second-order valence-corrected chi connectivity index (χ2v) is 8.13. The van der Waals surface area contributed by atoms with Crippen molar-refractivity contribution in [2.75, 3.05) is 33.2 Å². The number of aromatic nitrogens is 3. The van der Waals surface area contributed by atoms with E-state index in [1.165, 1.54) is 11.6 Å². The largest absolute Gasteiger partial charge is 0.361 e. The molecule has 5 nitrogen and oxygen atoms in total. The fourth-order valence-corrected chi connectivity index (χ4v) is 4.40. The molecule has 2 N–H and O–H groups in total. The third kappa shape index (κ3) is 3.92. The van der Waals surface area contributed by atoms with Crippen LogP contribution in [0.4, 0.5) is 4.39 Å². The molecular weight excluding hydrogens is 389 g/mol. The zero-order chi connectivity index (χ0) is 21.2. The number of likely N-dealkylation sites (N-methyl/N-ethyl adjacent to an activating group) is 1. The molecule has 0 radical (unpaired) electrons. The number of H-pyrrole nitrogens is 2. The minimum Gasteiger partial charge on any atom is -0.361 e. The lowest BCUT2D eigenvalue weighted by Gasteiger charge is -2.38. The summed E-state index contributed by atoms with van der Waals surface area (Å²) in [4.78, 5) is 8.08. The second-order valence-electron chi connectivity index (χ2n) is 8.13. The van der Waals surface area contributed by atoms with Crippen molar-refractivity contribution in [1.29, 1.82) is 0 Å². The van der Waals surface area contributed by atoms with E-state index in [0.717, 1.165) is 48.7 Å². The summed E-state index contributed by atoms with van der Waals surface area (Å²) in [6, 6.07) is 19.6. The van der Waals surface area contributed by atoms with Crippen LogP contribution in [0, 0.1) is 5.82 Å². The number of rotatable bonds is 5. The maximum Gasteiger partial charge on any atom is 0.132 e. The topological polar surface area (TPSA) is 50.9 Å². The monoisotopic (exact) mass is 415 g/mol. The lowest BCUT2D eigenvalue weighted by Crippen LogP contribution is -2.46. The highest BCUT2D eigenvalue weighted by Crippen LogP contribution is 2.36. The van der Waals surface area contributed by atoms with Crippen molar-refractivity contribution >= 4 is 0 Å². The summed E-state index contributed by atoms with van der Waals surface area (Å²) >= 11 is 0. The van der Waals surface area contributed by atoms with E-state index in [-0.39, 0.29) is 11.9 Å². The number of benzene rings is 2. The van der Waals surface area contributed by atoms with Crippen molar-refractivity contribution in [2.24, 2.45) is 0 Å². The average molecular weight is 416 g/mol. The summed E-state index contributed by atoms with van der Waals surface area (Å²) in [7, 11) is 2.15. The van der Waals surface area contributed by atoms with E-state index < -0.39 is 0 Å². The molecule has 0 spiro atoms. The lowest BCUT2D eigenvalue weighted by atomic mass is 9.93. The molecule has 0 amide bonds. The van der Waals surface area contributed by atoms with E-state index in [1.54, 1.807) is 6.07 Å². The quantitative estimate of drug-likeness (QED) is 0.503. The molecule has 2 aromatic carbocycles. The van der Waals surface area contributed by atoms with E-state index in [9.17, 15) is 4.39 Å². The van der Waals surface area contributed by atoms with Crippen molar-refractivity contribution in [3.8, 4) is 22.5 Å². The second kappa shape index (κ2) is 8.49. The smallest absolute Gasteiger partial charge is 0.132 e. The number of hydrogen-bond acceptors (Lipinski definition) is 3. The minimum absolute atomic E-state index is 0.000233. The van der Waals surface area contributed by atoms with Gasteiger partial charge in [0.1, 0.15) is 5.82 Å². The standard InChI is InChI=1S/C25H26FN5/c1-30-13-15-31(16-14-30)25(19-10-8-18(9-11-19)23-7-4-12-27-23)21-17-28-29-24(21)20-5-2-3-6-22(20)26/h2-12,17,25,27H,13-16H2,1H3,(H,28,29). The van der Waals surface area contributed by atoms with Gasteiger partial charge in [-0.2, -0.15) is 5.10 Å². The number of nitrogens with zero attached hydrogens (tertiary/aromatic N) is 3. The first-order chi connectivity index (χ1) is 15.2. The molecular formula is C25H26FN5. The average Bonchev–Trinajstić information content (AvgIpc) is 3.49. The molecule has 1 unspecified atom stereocenters. The van der Waals surface area contributed by atoms with Gasteiger partial charge >= 0.3 is 0 Å². The van der Waals surface area contributed by atoms with Crippen molar-refractivity contribution < 1.29 is 4.39 Å². The maximum absolute atomic E-state index is 14.6. The summed E-state index contributed by atoms with van der Waals surface area (Å²) in [5.74, 6) is -0.243. The molecule has 5 rings (SSSR count). The van der Waals surface area contributed by atoms with Gasteiger partial charge in [-0.25, -0.2) is 4.39 Å². The molecule has 2 aromatic heterocycles. The number of piperazine rings is 1. The number of hydrogen-bond donors (Lipinski definition) is 2. The van der Waals surface area contributed by atoms with Crippen LogP contribution >= 0.6 is 0 Å². The van der Waals surface area contributed by atoms with Gasteiger partial charge < -0.3 is 9.88 Å². The third-order valence-electron chi connectivity index (χ3n) is 6.14. The normalized spacial score (nSPS) is 16.5. The SMILES string of the molecule is CN1CCN(C(c2ccc(-c3ccc[nH]3)cc2)c2cn[nH]c2-c2ccccc2F)CC1. The summed E-state index contributed by atoms with van der Waals surface area (Å²) in [5, 5.41) is 7.38. The van der Waals surface area contributed by atoms with Crippen LogP contribution in [-0.2, 0) is 0 Å². The van der Waals surface area contributed by atoms with E-state index >= 15 is 0 Å². The predicted octanol–water partition coefficient (Wildman–Crippen LogP) is 4.55. The van der Waals surface area contributed by atoms with Gasteiger partial charge in [0.2, 0.25) is 0 Å². The molecule has 1 aliphatic rings. The van der Waals surface area contributed by atoms with Gasteiger partial charge in [0.25, 0.3) is 0 Å². The summed E-state index contributed by atoms with van der Waals surface area (Å²) in [5.41, 5.74) is 5.72. The molecule has 1 saturated heterocycles. The van der Waals surface area contributed by atoms with Crippen LogP contribution in [0.5, 0.6) is 0 Å². The number of aromatic amines is 2. The first-order valence-electron chi connectivity index (χ1n) is 10.6. The summed E-state index contributed by atoms with van der Waals surface area (Å²) in [6.45, 7) is 3.90. The highest BCUT2D eigenvalue weighted by molar-refractivity contribution is 5.65. The zero-order valence-corrected chi connectivity index (χ0v) is 17.6. The van der Waals surface area contributed by atoms with Crippen molar-refractivity contribution in [1.82, 2.24) is 25.0 Å². The first-order valence-corrected chi connectivity index (χ1v) is 10.6. The number of nitrogens with one attached hydrogen (secondary N) is 2. The Morgan fingerprint density at radius 3 is 2.42 bits per heavy atom. The molecule has 0 aliphatic carbocycles. The molecule has 3 heterocycles. The molecule has 0 bridgehead atoms. The van der Waals surface area contributed by atoms with Gasteiger partial charge in [0.15, 0.2) is 0 Å². The van der Waals surface area contributed by atoms with Crippen LogP contribution < -0.4 is 0 Å². The van der Waals surface area contributed by atoms with Crippen LogP contribution in [0.3, 0.4) is 0 Å². The van der Waals surface area contributed by atoms with Crippen LogP contribution in [0.15, 0.2) is 73.1 Å². The van der Waals surface area contributed by atoms with Crippen molar-refractivity contribution in [3.05, 3.63) is 90.0 Å². The highest BCUT2D eigenvalue weighted by Gasteiger charge is 2.29. The summed E-state index contributed by atoms with van der Waals surface area (Å²) in [6.07, 6.45) is 3.78. The molecule has 4 aromatic rings. The van der Waals surface area contributed by atoms with Gasteiger partial charge in [-0.05, 0) is 42.4 Å². The Morgan fingerprint density at radius 1 is 0.935 bits per heavy atom. The van der Waals surface area contributed by atoms with E-state index in [4.69, 9.17) is 0 Å². The van der Waals surface area contributed by atoms with Gasteiger partial charge in [-0.1, -0.05) is 36.4 Å². The fraction of sp³-hybridized carbons (Fsp3) is 0.240. The van der Waals surface area contributed by atoms with Crippen LogP contribution in [0.25, 0.3) is 22.5 Å². The Kier molecular flexibility index (Phi) is 5.40. The molecule has 1 aliphatic heterocycles. The maximum atomic E-state index is 14.6. The lowest BCUT2D eigenvalue weighted by molar-refractivity contribution is 0.127. The van der Waals surface area contributed by atoms with Gasteiger partial charge in [-0.3, -0.25) is 10.00 Å². The Morgan fingerprint density at radius 2 is 1.71 bits per heavy atom. The Labute approximate surface area is 181 Å². The van der Waals surface area contributed by atoms with Crippen LogP contribution in [-0.4, -0.2) is 58.2 Å². The molecule has 0 saturated carbocycles. The predicted molar refractivity (Wildman–Crippen MR) is 121 cm³/mol. The van der Waals surface area contributed by atoms with Gasteiger partial charge in [-0.15, -0.1) is 0 Å². The Hall–Kier alpha value is -3.22. The Balaban J connectivity index is 1.56. The van der Waals surface area contributed by atoms with Gasteiger partial charge in [0.05, 0.1) is 17.9 Å². The van der Waals surface area contributed by atoms with Crippen molar-refractivity contribution in [3.63, 3.8) is 0 Å². The van der Waals surface area contributed by atoms with E-state index in [1.807, 2.05) is 30.6 Å².